The van der Waals surface area contributed by atoms with Crippen LogP contribution in [-0.4, -0.2) is 0 Å². The molecule has 0 saturated carbocycles. The van der Waals surface area contributed by atoms with E-state index in [0.29, 0.717) is 0 Å². The lowest BCUT2D eigenvalue weighted by Crippen LogP contribution is -2.28. The third-order valence-corrected chi connectivity index (χ3v) is 10.7. The summed E-state index contributed by atoms with van der Waals surface area (Å²) in [4.78, 5) is 0. The minimum Gasteiger partial charge on any atom is -0.0622 e. The molecule has 49 heavy (non-hydrogen) atoms. The molecule has 0 heteroatoms. The lowest BCUT2D eigenvalue weighted by atomic mass is 9.66. The lowest BCUT2D eigenvalue weighted by Gasteiger charge is -2.35. The standard InChI is InChI=1S/C49H32/c1-3-18-37(19-4-1)49(38-20-5-2-6-21-38)46-26-14-13-25-44(46)47-45(32-35-17-9-10-22-40(35)48(47)49)43-30-29-39(41-23-11-12-24-42(41)43)36-28-27-33-15-7-8-16-34(33)31-36/h1-32H. The zero-order valence-corrected chi connectivity index (χ0v) is 27.0. The first-order valence-electron chi connectivity index (χ1n) is 17.1. The molecule has 0 atom stereocenters. The Morgan fingerprint density at radius 2 is 0.857 bits per heavy atom. The van der Waals surface area contributed by atoms with Crippen LogP contribution in [-0.2, 0) is 5.41 Å². The largest absolute Gasteiger partial charge is 0.0719 e. The Bertz CT molecular complexity index is 2660. The molecule has 1 aliphatic carbocycles. The van der Waals surface area contributed by atoms with Gasteiger partial charge in [-0.25, -0.2) is 0 Å². The maximum absolute atomic E-state index is 2.44. The van der Waals surface area contributed by atoms with Crippen molar-refractivity contribution in [1.82, 2.24) is 0 Å². The lowest BCUT2D eigenvalue weighted by molar-refractivity contribution is 0.775. The summed E-state index contributed by atoms with van der Waals surface area (Å²) in [5, 5.41) is 7.60. The van der Waals surface area contributed by atoms with Gasteiger partial charge in [-0.2, -0.15) is 0 Å². The molecule has 0 heterocycles. The minimum absolute atomic E-state index is 0.481. The summed E-state index contributed by atoms with van der Waals surface area (Å²) in [6.45, 7) is 0. The Balaban J connectivity index is 1.33. The Kier molecular flexibility index (Phi) is 6.19. The quantitative estimate of drug-likeness (QED) is 0.184. The molecule has 0 amide bonds. The van der Waals surface area contributed by atoms with Gasteiger partial charge < -0.3 is 0 Å². The first-order valence-corrected chi connectivity index (χ1v) is 17.1. The number of hydrogen-bond donors (Lipinski definition) is 0. The molecule has 1 aliphatic rings. The molecular formula is C49H32. The average Bonchev–Trinajstić information content (AvgIpc) is 3.50. The van der Waals surface area contributed by atoms with Gasteiger partial charge in [-0.05, 0) is 100 Å². The smallest absolute Gasteiger partial charge is 0.0622 e. The first kappa shape index (κ1) is 27.8. The van der Waals surface area contributed by atoms with Crippen molar-refractivity contribution in [3.63, 3.8) is 0 Å². The van der Waals surface area contributed by atoms with E-state index < -0.39 is 5.41 Å². The molecular weight excluding hydrogens is 589 g/mol. The van der Waals surface area contributed by atoms with E-state index in [1.165, 1.54) is 88.0 Å². The van der Waals surface area contributed by atoms with Crippen molar-refractivity contribution in [1.29, 1.82) is 0 Å². The molecule has 0 unspecified atom stereocenters. The molecule has 0 aromatic heterocycles. The van der Waals surface area contributed by atoms with Crippen LogP contribution in [0.2, 0.25) is 0 Å². The van der Waals surface area contributed by atoms with Crippen LogP contribution < -0.4 is 0 Å². The van der Waals surface area contributed by atoms with Crippen molar-refractivity contribution in [3.8, 4) is 33.4 Å². The monoisotopic (exact) mass is 620 g/mol. The van der Waals surface area contributed by atoms with Crippen LogP contribution in [0.25, 0.3) is 65.7 Å². The molecule has 0 bridgehead atoms. The van der Waals surface area contributed by atoms with Crippen LogP contribution >= 0.6 is 0 Å². The third kappa shape index (κ3) is 4.04. The molecule has 9 aromatic carbocycles. The predicted molar refractivity (Wildman–Crippen MR) is 207 cm³/mol. The summed E-state index contributed by atoms with van der Waals surface area (Å²) in [6.07, 6.45) is 0. The highest BCUT2D eigenvalue weighted by Gasteiger charge is 2.48. The molecule has 0 radical (unpaired) electrons. The molecule has 0 nitrogen and oxygen atoms in total. The molecule has 228 valence electrons. The number of hydrogen-bond acceptors (Lipinski definition) is 0. The molecule has 9 aromatic rings. The van der Waals surface area contributed by atoms with Gasteiger partial charge >= 0.3 is 0 Å². The normalized spacial score (nSPS) is 13.1. The van der Waals surface area contributed by atoms with E-state index in [9.17, 15) is 0 Å². The van der Waals surface area contributed by atoms with Crippen molar-refractivity contribution < 1.29 is 0 Å². The van der Waals surface area contributed by atoms with Crippen LogP contribution in [0, 0.1) is 0 Å². The van der Waals surface area contributed by atoms with E-state index in [2.05, 4.69) is 194 Å². The van der Waals surface area contributed by atoms with Gasteiger partial charge in [0.15, 0.2) is 0 Å². The topological polar surface area (TPSA) is 0 Å². The second-order valence-electron chi connectivity index (χ2n) is 13.2. The van der Waals surface area contributed by atoms with E-state index >= 15 is 0 Å². The van der Waals surface area contributed by atoms with Gasteiger partial charge in [-0.1, -0.05) is 182 Å². The van der Waals surface area contributed by atoms with Gasteiger partial charge in [-0.3, -0.25) is 0 Å². The van der Waals surface area contributed by atoms with Crippen molar-refractivity contribution >= 4 is 32.3 Å². The van der Waals surface area contributed by atoms with E-state index in [-0.39, 0.29) is 0 Å². The van der Waals surface area contributed by atoms with Crippen molar-refractivity contribution in [2.45, 2.75) is 5.41 Å². The SMILES string of the molecule is c1ccc(C2(c3ccccc3)c3ccccc3-c3c(-c4ccc(-c5ccc6ccccc6c5)c5ccccc45)cc4ccccc4c32)cc1. The fourth-order valence-corrected chi connectivity index (χ4v) is 8.68. The summed E-state index contributed by atoms with van der Waals surface area (Å²) in [7, 11) is 0. The van der Waals surface area contributed by atoms with Gasteiger partial charge in [0.25, 0.3) is 0 Å². The van der Waals surface area contributed by atoms with Crippen LogP contribution in [0.15, 0.2) is 194 Å². The van der Waals surface area contributed by atoms with Gasteiger partial charge in [-0.15, -0.1) is 0 Å². The first-order chi connectivity index (χ1) is 24.3. The molecule has 0 aliphatic heterocycles. The van der Waals surface area contributed by atoms with E-state index in [0.717, 1.165) is 0 Å². The van der Waals surface area contributed by atoms with Crippen molar-refractivity contribution in [3.05, 3.63) is 216 Å². The minimum atomic E-state index is -0.481. The maximum atomic E-state index is 2.44. The summed E-state index contributed by atoms with van der Waals surface area (Å²) < 4.78 is 0. The van der Waals surface area contributed by atoms with Crippen LogP contribution in [0.3, 0.4) is 0 Å². The molecule has 0 N–H and O–H groups in total. The maximum Gasteiger partial charge on any atom is 0.0719 e. The second-order valence-corrected chi connectivity index (χ2v) is 13.2. The van der Waals surface area contributed by atoms with Crippen LogP contribution in [0.5, 0.6) is 0 Å². The Morgan fingerprint density at radius 1 is 0.306 bits per heavy atom. The Morgan fingerprint density at radius 3 is 1.59 bits per heavy atom. The zero-order chi connectivity index (χ0) is 32.4. The number of benzene rings is 9. The molecule has 0 fully saturated rings. The third-order valence-electron chi connectivity index (χ3n) is 10.7. The molecule has 0 saturated heterocycles. The fraction of sp³-hybridized carbons (Fsp3) is 0.0204. The number of fused-ring (bicyclic) bond motifs is 7. The van der Waals surface area contributed by atoms with E-state index in [1.54, 1.807) is 0 Å². The summed E-state index contributed by atoms with van der Waals surface area (Å²) in [6, 6.07) is 71.9. The predicted octanol–water partition coefficient (Wildman–Crippen LogP) is 12.8. The van der Waals surface area contributed by atoms with Gasteiger partial charge in [0.1, 0.15) is 0 Å². The van der Waals surface area contributed by atoms with Crippen molar-refractivity contribution in [2.75, 3.05) is 0 Å². The summed E-state index contributed by atoms with van der Waals surface area (Å²) >= 11 is 0. The number of rotatable bonds is 4. The highest BCUT2D eigenvalue weighted by molar-refractivity contribution is 6.12. The van der Waals surface area contributed by atoms with Gasteiger partial charge in [0.05, 0.1) is 5.41 Å². The van der Waals surface area contributed by atoms with Gasteiger partial charge in [0, 0.05) is 0 Å². The fourth-order valence-electron chi connectivity index (χ4n) is 8.68. The van der Waals surface area contributed by atoms with Crippen LogP contribution in [0.1, 0.15) is 22.3 Å². The summed E-state index contributed by atoms with van der Waals surface area (Å²) in [5.41, 5.74) is 12.4. The molecule has 0 spiro atoms. The Hall–Kier alpha value is -6.24. The van der Waals surface area contributed by atoms with Gasteiger partial charge in [0.2, 0.25) is 0 Å². The molecule has 10 rings (SSSR count). The average molecular weight is 621 g/mol. The summed E-state index contributed by atoms with van der Waals surface area (Å²) in [5.74, 6) is 0. The van der Waals surface area contributed by atoms with E-state index in [1.807, 2.05) is 0 Å². The highest BCUT2D eigenvalue weighted by atomic mass is 14.5. The van der Waals surface area contributed by atoms with Crippen LogP contribution in [0.4, 0.5) is 0 Å². The van der Waals surface area contributed by atoms with Crippen molar-refractivity contribution in [2.24, 2.45) is 0 Å². The zero-order valence-electron chi connectivity index (χ0n) is 27.0. The van der Waals surface area contributed by atoms with E-state index in [4.69, 9.17) is 0 Å². The Labute approximate surface area is 286 Å². The second kappa shape index (κ2) is 10.9. The highest BCUT2D eigenvalue weighted by Crippen LogP contribution is 2.60.